The molecule has 2 aromatic rings. The normalized spacial score (nSPS) is 23.0. The van der Waals surface area contributed by atoms with Gasteiger partial charge in [0.15, 0.2) is 0 Å². The van der Waals surface area contributed by atoms with E-state index in [-0.39, 0.29) is 12.0 Å². The second-order valence-electron chi connectivity index (χ2n) is 6.83. The zero-order chi connectivity index (χ0) is 17.4. The maximum Gasteiger partial charge on any atom is 0.323 e. The molecular weight excluding hydrogens is 318 g/mol. The number of nitrogens with zero attached hydrogens (tertiary/aromatic N) is 3. The summed E-state index contributed by atoms with van der Waals surface area (Å²) in [4.78, 5) is 14.0. The number of methoxy groups -OCH3 is 1. The van der Waals surface area contributed by atoms with Crippen LogP contribution in [0.4, 0.5) is 0 Å². The van der Waals surface area contributed by atoms with Gasteiger partial charge in [-0.05, 0) is 37.0 Å². The van der Waals surface area contributed by atoms with Crippen LogP contribution >= 0.6 is 0 Å². The Balaban J connectivity index is 1.64. The van der Waals surface area contributed by atoms with E-state index >= 15 is 0 Å². The molecule has 0 unspecified atom stereocenters. The third-order valence-corrected chi connectivity index (χ3v) is 5.22. The SMILES string of the molecule is COC(=O)[C@@H]1C[C@H](O)CN1Cc1nn(-c2ccccc2)c2c1CCC2. The summed E-state index contributed by atoms with van der Waals surface area (Å²) in [5.74, 6) is -0.282. The zero-order valence-corrected chi connectivity index (χ0v) is 14.4. The molecule has 1 N–H and O–H groups in total. The van der Waals surface area contributed by atoms with E-state index in [9.17, 15) is 9.90 Å². The Morgan fingerprint density at radius 2 is 2.12 bits per heavy atom. The largest absolute Gasteiger partial charge is 0.468 e. The van der Waals surface area contributed by atoms with Gasteiger partial charge in [-0.1, -0.05) is 18.2 Å². The van der Waals surface area contributed by atoms with Gasteiger partial charge in [-0.2, -0.15) is 5.10 Å². The highest BCUT2D eigenvalue weighted by molar-refractivity contribution is 5.76. The summed E-state index contributed by atoms with van der Waals surface area (Å²) in [6.07, 6.45) is 3.12. The van der Waals surface area contributed by atoms with Crippen LogP contribution in [0.2, 0.25) is 0 Å². The van der Waals surface area contributed by atoms with Gasteiger partial charge in [0.25, 0.3) is 0 Å². The molecule has 1 saturated heterocycles. The molecule has 0 radical (unpaired) electrons. The Kier molecular flexibility index (Phi) is 4.31. The van der Waals surface area contributed by atoms with Crippen LogP contribution in [0.5, 0.6) is 0 Å². The number of para-hydroxylation sites is 1. The second-order valence-corrected chi connectivity index (χ2v) is 6.83. The van der Waals surface area contributed by atoms with Crippen molar-refractivity contribution in [1.82, 2.24) is 14.7 Å². The van der Waals surface area contributed by atoms with Crippen LogP contribution in [-0.2, 0) is 28.9 Å². The Hall–Kier alpha value is -2.18. The minimum absolute atomic E-state index is 0.282. The molecule has 2 aliphatic rings. The van der Waals surface area contributed by atoms with Crippen molar-refractivity contribution in [1.29, 1.82) is 0 Å². The first kappa shape index (κ1) is 16.3. The van der Waals surface area contributed by atoms with Crippen LogP contribution in [-0.4, -0.2) is 51.6 Å². The highest BCUT2D eigenvalue weighted by atomic mass is 16.5. The first-order valence-electron chi connectivity index (χ1n) is 8.82. The predicted molar refractivity (Wildman–Crippen MR) is 92.4 cm³/mol. The van der Waals surface area contributed by atoms with E-state index in [4.69, 9.17) is 9.84 Å². The third kappa shape index (κ3) is 2.96. The molecule has 1 fully saturated rings. The maximum atomic E-state index is 12.0. The fourth-order valence-electron chi connectivity index (χ4n) is 4.05. The van der Waals surface area contributed by atoms with Crippen molar-refractivity contribution in [2.24, 2.45) is 0 Å². The van der Waals surface area contributed by atoms with Gasteiger partial charge >= 0.3 is 5.97 Å². The van der Waals surface area contributed by atoms with Crippen LogP contribution in [0, 0.1) is 0 Å². The lowest BCUT2D eigenvalue weighted by atomic mass is 10.1. The minimum atomic E-state index is -0.492. The van der Waals surface area contributed by atoms with E-state index in [2.05, 4.69) is 12.1 Å². The van der Waals surface area contributed by atoms with Gasteiger partial charge < -0.3 is 9.84 Å². The highest BCUT2D eigenvalue weighted by Crippen LogP contribution is 2.30. The Morgan fingerprint density at radius 3 is 2.88 bits per heavy atom. The number of carbonyl (C=O) groups excluding carboxylic acids is 1. The monoisotopic (exact) mass is 341 g/mol. The summed E-state index contributed by atoms with van der Waals surface area (Å²) >= 11 is 0. The van der Waals surface area contributed by atoms with Gasteiger partial charge in [-0.25, -0.2) is 4.68 Å². The molecule has 0 bridgehead atoms. The average molecular weight is 341 g/mol. The van der Waals surface area contributed by atoms with Crippen molar-refractivity contribution in [3.05, 3.63) is 47.3 Å². The fourth-order valence-corrected chi connectivity index (χ4v) is 4.05. The molecule has 0 spiro atoms. The average Bonchev–Trinajstić information content (AvgIpc) is 3.32. The number of hydrogen-bond donors (Lipinski definition) is 1. The quantitative estimate of drug-likeness (QED) is 0.853. The van der Waals surface area contributed by atoms with E-state index in [0.717, 1.165) is 30.6 Å². The highest BCUT2D eigenvalue weighted by Gasteiger charge is 2.38. The molecule has 0 saturated carbocycles. The van der Waals surface area contributed by atoms with Gasteiger partial charge in [0.05, 0.1) is 24.6 Å². The number of fused-ring (bicyclic) bond motifs is 1. The van der Waals surface area contributed by atoms with E-state index < -0.39 is 6.10 Å². The summed E-state index contributed by atoms with van der Waals surface area (Å²) in [5.41, 5.74) is 4.65. The Labute approximate surface area is 147 Å². The number of carbonyl (C=O) groups is 1. The Bertz CT molecular complexity index is 772. The molecule has 1 aromatic carbocycles. The molecule has 25 heavy (non-hydrogen) atoms. The molecule has 2 atom stereocenters. The van der Waals surface area contributed by atoms with Gasteiger partial charge in [-0.3, -0.25) is 9.69 Å². The molecule has 1 aliphatic heterocycles. The van der Waals surface area contributed by atoms with Gasteiger partial charge in [0.2, 0.25) is 0 Å². The van der Waals surface area contributed by atoms with Crippen molar-refractivity contribution in [2.45, 2.75) is 44.4 Å². The molecule has 132 valence electrons. The van der Waals surface area contributed by atoms with Crippen LogP contribution in [0.3, 0.4) is 0 Å². The molecule has 6 nitrogen and oxygen atoms in total. The lowest BCUT2D eigenvalue weighted by Gasteiger charge is -2.21. The number of esters is 1. The lowest BCUT2D eigenvalue weighted by Crippen LogP contribution is -2.36. The van der Waals surface area contributed by atoms with Crippen LogP contribution in [0.15, 0.2) is 30.3 Å². The number of aliphatic hydroxyl groups is 1. The van der Waals surface area contributed by atoms with Gasteiger partial charge in [0, 0.05) is 25.2 Å². The van der Waals surface area contributed by atoms with E-state index in [1.54, 1.807) is 0 Å². The summed E-state index contributed by atoms with van der Waals surface area (Å²) in [6, 6.07) is 9.77. The van der Waals surface area contributed by atoms with Crippen LogP contribution in [0.25, 0.3) is 5.69 Å². The van der Waals surface area contributed by atoms with Crippen molar-refractivity contribution < 1.29 is 14.6 Å². The molecular formula is C19H23N3O3. The van der Waals surface area contributed by atoms with Crippen molar-refractivity contribution in [2.75, 3.05) is 13.7 Å². The zero-order valence-electron chi connectivity index (χ0n) is 14.4. The number of hydrogen-bond acceptors (Lipinski definition) is 5. The number of rotatable bonds is 4. The molecule has 1 aromatic heterocycles. The smallest absolute Gasteiger partial charge is 0.323 e. The lowest BCUT2D eigenvalue weighted by molar-refractivity contribution is -0.146. The molecule has 6 heteroatoms. The number of likely N-dealkylation sites (tertiary alicyclic amines) is 1. The third-order valence-electron chi connectivity index (χ3n) is 5.22. The van der Waals surface area contributed by atoms with E-state index in [0.29, 0.717) is 19.5 Å². The van der Waals surface area contributed by atoms with Crippen molar-refractivity contribution >= 4 is 5.97 Å². The van der Waals surface area contributed by atoms with Crippen molar-refractivity contribution in [3.8, 4) is 5.69 Å². The maximum absolute atomic E-state index is 12.0. The second kappa shape index (κ2) is 6.61. The standard InChI is InChI=1S/C19H23N3O3/c1-25-19(24)18-10-14(23)11-21(18)12-16-15-8-5-9-17(15)22(20-16)13-6-3-2-4-7-13/h2-4,6-7,14,18,23H,5,8-12H2,1H3/t14-,18-/m0/s1. The van der Waals surface area contributed by atoms with E-state index in [1.807, 2.05) is 27.8 Å². The topological polar surface area (TPSA) is 67.6 Å². The van der Waals surface area contributed by atoms with Crippen LogP contribution < -0.4 is 0 Å². The molecule has 1 aliphatic carbocycles. The first-order chi connectivity index (χ1) is 12.2. The molecule has 0 amide bonds. The fraction of sp³-hybridized carbons (Fsp3) is 0.474. The number of aliphatic hydroxyl groups excluding tert-OH is 1. The first-order valence-corrected chi connectivity index (χ1v) is 8.82. The summed E-state index contributed by atoms with van der Waals surface area (Å²) in [6.45, 7) is 1.05. The van der Waals surface area contributed by atoms with Crippen molar-refractivity contribution in [3.63, 3.8) is 0 Å². The minimum Gasteiger partial charge on any atom is -0.468 e. The summed E-state index contributed by atoms with van der Waals surface area (Å²) < 4.78 is 6.94. The van der Waals surface area contributed by atoms with E-state index in [1.165, 1.54) is 18.4 Å². The number of β-amino-alcohol motifs (C(OH)–C–C–N with tert-alkyl or cyclic N) is 1. The Morgan fingerprint density at radius 1 is 1.32 bits per heavy atom. The number of benzene rings is 1. The number of aromatic nitrogens is 2. The number of ether oxygens (including phenoxy) is 1. The molecule has 4 rings (SSSR count). The summed E-state index contributed by atoms with van der Waals surface area (Å²) in [7, 11) is 1.40. The van der Waals surface area contributed by atoms with Gasteiger partial charge in [0.1, 0.15) is 6.04 Å². The predicted octanol–water partition coefficient (Wildman–Crippen LogP) is 1.47. The summed E-state index contributed by atoms with van der Waals surface area (Å²) in [5, 5.41) is 14.8. The van der Waals surface area contributed by atoms with Crippen LogP contribution in [0.1, 0.15) is 29.8 Å². The van der Waals surface area contributed by atoms with Gasteiger partial charge in [-0.15, -0.1) is 0 Å². The molecule has 2 heterocycles.